The van der Waals surface area contributed by atoms with Crippen molar-refractivity contribution in [2.45, 2.75) is 57.8 Å². The molecular formula is C22H27NO. The number of amides is 1. The zero-order valence-corrected chi connectivity index (χ0v) is 15.1. The van der Waals surface area contributed by atoms with Gasteiger partial charge in [0.15, 0.2) is 0 Å². The van der Waals surface area contributed by atoms with Crippen molar-refractivity contribution in [3.8, 4) is 0 Å². The number of anilines is 1. The molecule has 1 amide bonds. The number of nitrogens with one attached hydrogen (secondary N) is 1. The Kier molecular flexibility index (Phi) is 4.25. The lowest BCUT2D eigenvalue weighted by Gasteiger charge is -2.42. The molecule has 1 N–H and O–H groups in total. The third kappa shape index (κ3) is 3.38. The number of hydrogen-bond donors (Lipinski definition) is 1. The number of benzene rings is 2. The summed E-state index contributed by atoms with van der Waals surface area (Å²) in [7, 11) is 0. The van der Waals surface area contributed by atoms with Crippen LogP contribution in [0.15, 0.2) is 48.5 Å². The highest BCUT2D eigenvalue weighted by atomic mass is 16.1. The Morgan fingerprint density at radius 1 is 0.917 bits per heavy atom. The van der Waals surface area contributed by atoms with E-state index < -0.39 is 0 Å². The maximum Gasteiger partial charge on any atom is 0.228 e. The third-order valence-electron chi connectivity index (χ3n) is 5.34. The monoisotopic (exact) mass is 321 g/mol. The molecule has 0 spiro atoms. The van der Waals surface area contributed by atoms with Gasteiger partial charge in [0.05, 0.1) is 6.42 Å². The summed E-state index contributed by atoms with van der Waals surface area (Å²) in [6.45, 7) is 9.23. The molecular weight excluding hydrogens is 294 g/mol. The molecule has 0 fully saturated rings. The maximum absolute atomic E-state index is 12.3. The van der Waals surface area contributed by atoms with E-state index in [-0.39, 0.29) is 16.7 Å². The second-order valence-electron chi connectivity index (χ2n) is 8.24. The lowest BCUT2D eigenvalue weighted by Crippen LogP contribution is -2.33. The van der Waals surface area contributed by atoms with Crippen LogP contribution in [-0.4, -0.2) is 5.91 Å². The topological polar surface area (TPSA) is 29.1 Å². The Labute approximate surface area is 145 Å². The number of hydrogen-bond acceptors (Lipinski definition) is 1. The predicted molar refractivity (Wildman–Crippen MR) is 101 cm³/mol. The first kappa shape index (κ1) is 16.8. The smallest absolute Gasteiger partial charge is 0.228 e. The van der Waals surface area contributed by atoms with Crippen molar-refractivity contribution in [3.63, 3.8) is 0 Å². The molecule has 0 aliphatic heterocycles. The SMILES string of the molecule is CC1(C)CCC(C)(C)c2cc(NC(=O)Cc3ccccc3)ccc21. The Morgan fingerprint density at radius 3 is 2.21 bits per heavy atom. The van der Waals surface area contributed by atoms with E-state index in [0.717, 1.165) is 11.3 Å². The summed E-state index contributed by atoms with van der Waals surface area (Å²) < 4.78 is 0. The molecule has 0 saturated carbocycles. The van der Waals surface area contributed by atoms with Gasteiger partial charge in [-0.25, -0.2) is 0 Å². The number of rotatable bonds is 3. The molecule has 1 aliphatic carbocycles. The van der Waals surface area contributed by atoms with E-state index in [2.05, 4.69) is 45.1 Å². The summed E-state index contributed by atoms with van der Waals surface area (Å²) in [5.74, 6) is 0.0361. The fourth-order valence-corrected chi connectivity index (χ4v) is 3.65. The van der Waals surface area contributed by atoms with E-state index in [0.29, 0.717) is 6.42 Å². The molecule has 3 rings (SSSR count). The van der Waals surface area contributed by atoms with E-state index in [1.54, 1.807) is 0 Å². The highest BCUT2D eigenvalue weighted by Crippen LogP contribution is 2.46. The fraction of sp³-hybridized carbons (Fsp3) is 0.409. The fourth-order valence-electron chi connectivity index (χ4n) is 3.65. The first-order chi connectivity index (χ1) is 11.3. The van der Waals surface area contributed by atoms with Gasteiger partial charge in [0.2, 0.25) is 5.91 Å². The quantitative estimate of drug-likeness (QED) is 0.825. The van der Waals surface area contributed by atoms with Gasteiger partial charge in [-0.15, -0.1) is 0 Å². The Hall–Kier alpha value is -2.09. The molecule has 0 saturated heterocycles. The van der Waals surface area contributed by atoms with E-state index in [4.69, 9.17) is 0 Å². The summed E-state index contributed by atoms with van der Waals surface area (Å²) in [5, 5.41) is 3.07. The van der Waals surface area contributed by atoms with Gasteiger partial charge in [-0.05, 0) is 52.5 Å². The van der Waals surface area contributed by atoms with Gasteiger partial charge < -0.3 is 5.32 Å². The van der Waals surface area contributed by atoms with Crippen LogP contribution in [0, 0.1) is 0 Å². The zero-order valence-electron chi connectivity index (χ0n) is 15.1. The first-order valence-electron chi connectivity index (χ1n) is 8.77. The standard InChI is InChI=1S/C22H27NO/c1-21(2)12-13-22(3,4)19-15-17(10-11-18(19)21)23-20(24)14-16-8-6-5-7-9-16/h5-11,15H,12-14H2,1-4H3,(H,23,24). The van der Waals surface area contributed by atoms with E-state index in [1.807, 2.05) is 36.4 Å². The number of carbonyl (C=O) groups excluding carboxylic acids is 1. The van der Waals surface area contributed by atoms with Crippen LogP contribution in [0.1, 0.15) is 57.2 Å². The van der Waals surface area contributed by atoms with Crippen molar-refractivity contribution in [2.75, 3.05) is 5.32 Å². The minimum atomic E-state index is 0.0361. The van der Waals surface area contributed by atoms with Gasteiger partial charge in [-0.3, -0.25) is 4.79 Å². The first-order valence-corrected chi connectivity index (χ1v) is 8.77. The van der Waals surface area contributed by atoms with Gasteiger partial charge >= 0.3 is 0 Å². The van der Waals surface area contributed by atoms with Gasteiger partial charge in [0, 0.05) is 5.69 Å². The number of fused-ring (bicyclic) bond motifs is 1. The normalized spacial score (nSPS) is 17.8. The van der Waals surface area contributed by atoms with Crippen molar-refractivity contribution in [2.24, 2.45) is 0 Å². The molecule has 0 aromatic heterocycles. The molecule has 1 aliphatic rings. The largest absolute Gasteiger partial charge is 0.326 e. The van der Waals surface area contributed by atoms with Crippen molar-refractivity contribution < 1.29 is 4.79 Å². The van der Waals surface area contributed by atoms with Gasteiger partial charge in [0.1, 0.15) is 0 Å². The predicted octanol–water partition coefficient (Wildman–Crippen LogP) is 5.22. The molecule has 2 aromatic carbocycles. The number of carbonyl (C=O) groups is 1. The molecule has 24 heavy (non-hydrogen) atoms. The van der Waals surface area contributed by atoms with E-state index in [9.17, 15) is 4.79 Å². The lowest BCUT2D eigenvalue weighted by molar-refractivity contribution is -0.115. The summed E-state index contributed by atoms with van der Waals surface area (Å²) in [4.78, 5) is 12.3. The Bertz CT molecular complexity index is 744. The van der Waals surface area contributed by atoms with Crippen LogP contribution in [0.5, 0.6) is 0 Å². The van der Waals surface area contributed by atoms with Crippen molar-refractivity contribution in [3.05, 3.63) is 65.2 Å². The van der Waals surface area contributed by atoms with E-state index >= 15 is 0 Å². The van der Waals surface area contributed by atoms with Crippen molar-refractivity contribution in [1.29, 1.82) is 0 Å². The van der Waals surface area contributed by atoms with Gasteiger partial charge in [0.25, 0.3) is 0 Å². The minimum absolute atomic E-state index is 0.0361. The average Bonchev–Trinajstić information content (AvgIpc) is 2.53. The molecule has 0 unspecified atom stereocenters. The molecule has 2 nitrogen and oxygen atoms in total. The molecule has 0 heterocycles. The molecule has 126 valence electrons. The van der Waals surface area contributed by atoms with Crippen LogP contribution in [0.4, 0.5) is 5.69 Å². The van der Waals surface area contributed by atoms with Gasteiger partial charge in [-0.2, -0.15) is 0 Å². The molecule has 2 heteroatoms. The van der Waals surface area contributed by atoms with Crippen LogP contribution >= 0.6 is 0 Å². The van der Waals surface area contributed by atoms with Gasteiger partial charge in [-0.1, -0.05) is 64.1 Å². The molecule has 0 bridgehead atoms. The highest BCUT2D eigenvalue weighted by molar-refractivity contribution is 5.92. The average molecular weight is 321 g/mol. The molecule has 0 atom stereocenters. The lowest BCUT2D eigenvalue weighted by atomic mass is 9.63. The van der Waals surface area contributed by atoms with Crippen LogP contribution in [-0.2, 0) is 22.0 Å². The second-order valence-corrected chi connectivity index (χ2v) is 8.24. The van der Waals surface area contributed by atoms with Crippen LogP contribution < -0.4 is 5.32 Å². The summed E-state index contributed by atoms with van der Waals surface area (Å²) in [6.07, 6.45) is 2.79. The Balaban J connectivity index is 1.82. The summed E-state index contributed by atoms with van der Waals surface area (Å²) in [6, 6.07) is 16.3. The van der Waals surface area contributed by atoms with E-state index in [1.165, 1.54) is 24.0 Å². The van der Waals surface area contributed by atoms with Crippen molar-refractivity contribution in [1.82, 2.24) is 0 Å². The molecule has 0 radical (unpaired) electrons. The van der Waals surface area contributed by atoms with Crippen molar-refractivity contribution >= 4 is 11.6 Å². The minimum Gasteiger partial charge on any atom is -0.326 e. The van der Waals surface area contributed by atoms with Crippen LogP contribution in [0.3, 0.4) is 0 Å². The summed E-state index contributed by atoms with van der Waals surface area (Å²) >= 11 is 0. The van der Waals surface area contributed by atoms with Crippen LogP contribution in [0.2, 0.25) is 0 Å². The highest BCUT2D eigenvalue weighted by Gasteiger charge is 2.36. The van der Waals surface area contributed by atoms with Crippen LogP contribution in [0.25, 0.3) is 0 Å². The Morgan fingerprint density at radius 2 is 1.54 bits per heavy atom. The third-order valence-corrected chi connectivity index (χ3v) is 5.34. The second kappa shape index (κ2) is 6.08. The summed E-state index contributed by atoms with van der Waals surface area (Å²) in [5.41, 5.74) is 5.09. The maximum atomic E-state index is 12.3. The zero-order chi connectivity index (χ0) is 17.4. The molecule has 2 aromatic rings.